The van der Waals surface area contributed by atoms with Gasteiger partial charge in [0.2, 0.25) is 0 Å². The Hall–Kier alpha value is -0.570. The van der Waals surface area contributed by atoms with Crippen molar-refractivity contribution in [3.63, 3.8) is 0 Å². The zero-order valence-corrected chi connectivity index (χ0v) is 7.58. The lowest BCUT2D eigenvalue weighted by Gasteiger charge is -2.30. The van der Waals surface area contributed by atoms with Gasteiger partial charge >= 0.3 is 5.97 Å². The van der Waals surface area contributed by atoms with E-state index in [9.17, 15) is 4.79 Å². The minimum Gasteiger partial charge on any atom is -0.481 e. The van der Waals surface area contributed by atoms with Crippen LogP contribution in [0.1, 0.15) is 38.5 Å². The third kappa shape index (κ3) is 1.03. The van der Waals surface area contributed by atoms with Crippen molar-refractivity contribution in [1.29, 1.82) is 0 Å². The Morgan fingerprint density at radius 3 is 2.62 bits per heavy atom. The van der Waals surface area contributed by atoms with Crippen LogP contribution in [0, 0.1) is 5.92 Å². The monoisotopic (exact) mass is 182 g/mol. The maximum absolute atomic E-state index is 10.8. The molecule has 3 aliphatic rings. The van der Waals surface area contributed by atoms with Gasteiger partial charge in [-0.2, -0.15) is 0 Å². The number of carboxylic acid groups (broad SMARTS) is 1. The first-order chi connectivity index (χ1) is 6.16. The molecule has 3 rings (SSSR count). The van der Waals surface area contributed by atoms with Gasteiger partial charge in [-0.05, 0) is 38.5 Å². The van der Waals surface area contributed by atoms with E-state index in [2.05, 4.69) is 0 Å². The van der Waals surface area contributed by atoms with E-state index in [1.54, 1.807) is 0 Å². The predicted molar refractivity (Wildman–Crippen MR) is 45.4 cm³/mol. The predicted octanol–water partition coefficient (Wildman–Crippen LogP) is 1.56. The Morgan fingerprint density at radius 1 is 1.31 bits per heavy atom. The van der Waals surface area contributed by atoms with E-state index in [1.807, 2.05) is 0 Å². The number of hydrogen-bond acceptors (Lipinski definition) is 2. The molecular formula is C10H14O3. The zero-order chi connectivity index (χ0) is 9.10. The average molecular weight is 182 g/mol. The molecule has 1 aliphatic heterocycles. The van der Waals surface area contributed by atoms with Crippen molar-refractivity contribution in [2.45, 2.75) is 49.7 Å². The van der Waals surface area contributed by atoms with Crippen LogP contribution in [0.25, 0.3) is 0 Å². The number of ether oxygens (including phenoxy) is 1. The van der Waals surface area contributed by atoms with Crippen molar-refractivity contribution in [3.05, 3.63) is 0 Å². The second-order valence-corrected chi connectivity index (χ2v) is 4.80. The molecule has 3 nitrogen and oxygen atoms in total. The van der Waals surface area contributed by atoms with Crippen LogP contribution in [0.3, 0.4) is 0 Å². The molecule has 1 N–H and O–H groups in total. The van der Waals surface area contributed by atoms with Crippen LogP contribution in [0.15, 0.2) is 0 Å². The number of hydrogen-bond donors (Lipinski definition) is 1. The van der Waals surface area contributed by atoms with Gasteiger partial charge in [0, 0.05) is 0 Å². The summed E-state index contributed by atoms with van der Waals surface area (Å²) in [6.07, 6.45) is 6.34. The Morgan fingerprint density at radius 2 is 2.08 bits per heavy atom. The zero-order valence-electron chi connectivity index (χ0n) is 7.58. The van der Waals surface area contributed by atoms with Gasteiger partial charge < -0.3 is 9.84 Å². The smallest absolute Gasteiger partial charge is 0.309 e. The molecule has 3 heteroatoms. The average Bonchev–Trinajstić information content (AvgIpc) is 2.93. The van der Waals surface area contributed by atoms with Crippen LogP contribution >= 0.6 is 0 Å². The van der Waals surface area contributed by atoms with Gasteiger partial charge in [-0.15, -0.1) is 0 Å². The van der Waals surface area contributed by atoms with Crippen molar-refractivity contribution in [2.24, 2.45) is 5.92 Å². The van der Waals surface area contributed by atoms with E-state index in [4.69, 9.17) is 9.84 Å². The minimum atomic E-state index is -0.669. The quantitative estimate of drug-likeness (QED) is 0.669. The summed E-state index contributed by atoms with van der Waals surface area (Å²) in [5.74, 6) is -0.872. The van der Waals surface area contributed by atoms with Gasteiger partial charge in [0.15, 0.2) is 0 Å². The topological polar surface area (TPSA) is 46.5 Å². The Bertz CT molecular complexity index is 269. The Balaban J connectivity index is 1.75. The van der Waals surface area contributed by atoms with E-state index < -0.39 is 5.97 Å². The van der Waals surface area contributed by atoms with Crippen LogP contribution in [-0.2, 0) is 9.53 Å². The van der Waals surface area contributed by atoms with E-state index in [0.29, 0.717) is 0 Å². The van der Waals surface area contributed by atoms with Crippen LogP contribution in [0.4, 0.5) is 0 Å². The third-order valence-electron chi connectivity index (χ3n) is 3.78. The van der Waals surface area contributed by atoms with Gasteiger partial charge in [0.25, 0.3) is 0 Å². The summed E-state index contributed by atoms with van der Waals surface area (Å²) in [4.78, 5) is 10.8. The van der Waals surface area contributed by atoms with Gasteiger partial charge in [-0.3, -0.25) is 4.79 Å². The highest BCUT2D eigenvalue weighted by molar-refractivity contribution is 5.75. The molecule has 2 atom stereocenters. The number of carboxylic acids is 1. The molecule has 3 fully saturated rings. The van der Waals surface area contributed by atoms with Crippen molar-refractivity contribution in [1.82, 2.24) is 0 Å². The normalized spacial score (nSPS) is 45.1. The second-order valence-electron chi connectivity index (χ2n) is 4.80. The Kier molecular flexibility index (Phi) is 1.25. The lowest BCUT2D eigenvalue weighted by Crippen LogP contribution is -2.33. The molecule has 2 spiro atoms. The van der Waals surface area contributed by atoms with E-state index in [0.717, 1.165) is 38.5 Å². The van der Waals surface area contributed by atoms with Crippen LogP contribution in [-0.4, -0.2) is 22.3 Å². The molecule has 13 heavy (non-hydrogen) atoms. The molecule has 2 saturated carbocycles. The van der Waals surface area contributed by atoms with Crippen molar-refractivity contribution in [2.75, 3.05) is 0 Å². The highest BCUT2D eigenvalue weighted by atomic mass is 16.5. The fraction of sp³-hybridized carbons (Fsp3) is 0.900. The largest absolute Gasteiger partial charge is 0.481 e. The lowest BCUT2D eigenvalue weighted by atomic mass is 9.99. The lowest BCUT2D eigenvalue weighted by molar-refractivity contribution is -0.145. The third-order valence-corrected chi connectivity index (χ3v) is 3.78. The fourth-order valence-corrected chi connectivity index (χ4v) is 2.72. The van der Waals surface area contributed by atoms with Crippen molar-refractivity contribution < 1.29 is 14.6 Å². The summed E-state index contributed by atoms with van der Waals surface area (Å²) in [6.45, 7) is 0. The highest BCUT2D eigenvalue weighted by Crippen LogP contribution is 2.61. The van der Waals surface area contributed by atoms with E-state index in [-0.39, 0.29) is 17.1 Å². The first-order valence-electron chi connectivity index (χ1n) is 5.09. The molecular weight excluding hydrogens is 168 g/mol. The summed E-state index contributed by atoms with van der Waals surface area (Å²) in [7, 11) is 0. The molecule has 1 unspecified atom stereocenters. The standard InChI is InChI=1S/C10H14O3/c11-8(12)7-6-10(7)3-1-2-9(13-10)4-5-9/h7H,1-6H2,(H,11,12)/t7?,10-/m1/s1. The molecule has 2 aliphatic carbocycles. The van der Waals surface area contributed by atoms with E-state index >= 15 is 0 Å². The number of aliphatic carboxylic acids is 1. The molecule has 0 aromatic carbocycles. The molecule has 1 heterocycles. The van der Waals surface area contributed by atoms with Crippen molar-refractivity contribution in [3.8, 4) is 0 Å². The maximum Gasteiger partial charge on any atom is 0.309 e. The summed E-state index contributed by atoms with van der Waals surface area (Å²) in [5, 5.41) is 8.88. The van der Waals surface area contributed by atoms with Crippen molar-refractivity contribution >= 4 is 5.97 Å². The highest BCUT2D eigenvalue weighted by Gasteiger charge is 2.66. The van der Waals surface area contributed by atoms with Gasteiger partial charge in [-0.1, -0.05) is 0 Å². The summed E-state index contributed by atoms with van der Waals surface area (Å²) < 4.78 is 5.98. The van der Waals surface area contributed by atoms with E-state index in [1.165, 1.54) is 0 Å². The molecule has 0 aromatic rings. The molecule has 0 radical (unpaired) electrons. The van der Waals surface area contributed by atoms with Gasteiger partial charge in [0.1, 0.15) is 0 Å². The molecule has 0 bridgehead atoms. The van der Waals surface area contributed by atoms with Gasteiger partial charge in [-0.25, -0.2) is 0 Å². The number of carbonyl (C=O) groups is 1. The Labute approximate surface area is 77.1 Å². The molecule has 1 saturated heterocycles. The number of rotatable bonds is 1. The van der Waals surface area contributed by atoms with Gasteiger partial charge in [0.05, 0.1) is 17.1 Å². The first-order valence-corrected chi connectivity index (χ1v) is 5.09. The maximum atomic E-state index is 10.8. The SMILES string of the molecule is O=C(O)C1C[C@]12CCCC1(CC1)O2. The molecule has 0 amide bonds. The van der Waals surface area contributed by atoms with Crippen LogP contribution in [0.2, 0.25) is 0 Å². The second kappa shape index (κ2) is 2.08. The fourth-order valence-electron chi connectivity index (χ4n) is 2.72. The molecule has 72 valence electrons. The first kappa shape index (κ1) is 7.80. The molecule has 0 aromatic heterocycles. The summed E-state index contributed by atoms with van der Waals surface area (Å²) in [6, 6.07) is 0. The van der Waals surface area contributed by atoms with Crippen LogP contribution < -0.4 is 0 Å². The summed E-state index contributed by atoms with van der Waals surface area (Å²) in [5.41, 5.74) is -0.108. The minimum absolute atomic E-state index is 0.127. The van der Waals surface area contributed by atoms with Crippen LogP contribution in [0.5, 0.6) is 0 Å². The summed E-state index contributed by atoms with van der Waals surface area (Å²) >= 11 is 0.